The van der Waals surface area contributed by atoms with Gasteiger partial charge in [0.25, 0.3) is 0 Å². The van der Waals surface area contributed by atoms with Crippen molar-refractivity contribution in [2.45, 2.75) is 84.5 Å². The fraction of sp³-hybridized carbons (Fsp3) is 0.593. The van der Waals surface area contributed by atoms with E-state index in [1.807, 2.05) is 19.1 Å². The van der Waals surface area contributed by atoms with Crippen LogP contribution in [0, 0.1) is 17.8 Å². The summed E-state index contributed by atoms with van der Waals surface area (Å²) in [5.74, 6) is -0.645. The van der Waals surface area contributed by atoms with Gasteiger partial charge in [-0.2, -0.15) is 0 Å². The van der Waals surface area contributed by atoms with Gasteiger partial charge in [-0.1, -0.05) is 77.4 Å². The maximum Gasteiger partial charge on any atom is 0.238 e. The molecule has 2 aliphatic rings. The summed E-state index contributed by atoms with van der Waals surface area (Å²) in [6, 6.07) is 7.04. The van der Waals surface area contributed by atoms with Crippen molar-refractivity contribution in [2.24, 2.45) is 17.8 Å². The van der Waals surface area contributed by atoms with Gasteiger partial charge < -0.3 is 5.32 Å². The molecule has 1 aromatic rings. The van der Waals surface area contributed by atoms with Gasteiger partial charge in [-0.15, -0.1) is 0 Å². The van der Waals surface area contributed by atoms with Crippen LogP contribution in [0.5, 0.6) is 0 Å². The summed E-state index contributed by atoms with van der Waals surface area (Å²) in [6.07, 6.45) is 16.2. The Hall–Kier alpha value is -2.43. The van der Waals surface area contributed by atoms with E-state index >= 15 is 0 Å². The monoisotopic (exact) mass is 438 g/mol. The standard InChI is InChI=1S/C27H38N2O3/c1-3-4-5-6-7-8-9-10-11-15-24(30)28-21-16-18-22(19-17-21)29-26(31)23-14-12-13-20(2)25(23)27(29)32/h12-13,16-20,23,25H,3-11,14-15H2,1-2H3,(H,28,30)/t20-,23+,25-/m0/s1. The minimum Gasteiger partial charge on any atom is -0.326 e. The van der Waals surface area contributed by atoms with Crippen molar-refractivity contribution in [1.29, 1.82) is 0 Å². The third kappa shape index (κ3) is 6.08. The lowest BCUT2D eigenvalue weighted by Crippen LogP contribution is -2.31. The molecule has 0 aromatic heterocycles. The van der Waals surface area contributed by atoms with Gasteiger partial charge in [-0.05, 0) is 43.0 Å². The van der Waals surface area contributed by atoms with E-state index in [4.69, 9.17) is 0 Å². The number of benzene rings is 1. The van der Waals surface area contributed by atoms with Gasteiger partial charge in [0, 0.05) is 12.1 Å². The molecule has 0 unspecified atom stereocenters. The van der Waals surface area contributed by atoms with Gasteiger partial charge in [0.2, 0.25) is 17.7 Å². The number of carbonyl (C=O) groups is 3. The van der Waals surface area contributed by atoms with Crippen molar-refractivity contribution in [3.8, 4) is 0 Å². The topological polar surface area (TPSA) is 66.5 Å². The Balaban J connectivity index is 1.41. The molecule has 0 radical (unpaired) electrons. The van der Waals surface area contributed by atoms with Gasteiger partial charge in [0.05, 0.1) is 17.5 Å². The Morgan fingerprint density at radius 2 is 1.56 bits per heavy atom. The summed E-state index contributed by atoms with van der Waals surface area (Å²) >= 11 is 0. The van der Waals surface area contributed by atoms with E-state index in [0.717, 1.165) is 12.8 Å². The number of nitrogens with one attached hydrogen (secondary N) is 1. The van der Waals surface area contributed by atoms with E-state index in [1.54, 1.807) is 24.3 Å². The van der Waals surface area contributed by atoms with Crippen LogP contribution >= 0.6 is 0 Å². The molecular formula is C27H38N2O3. The number of imide groups is 1. The van der Waals surface area contributed by atoms with Gasteiger partial charge in [0.15, 0.2) is 0 Å². The molecule has 3 amide bonds. The van der Waals surface area contributed by atoms with Crippen LogP contribution in [0.2, 0.25) is 0 Å². The number of fused-ring (bicyclic) bond motifs is 1. The molecule has 0 spiro atoms. The number of hydrogen-bond acceptors (Lipinski definition) is 3. The van der Waals surface area contributed by atoms with Crippen molar-refractivity contribution >= 4 is 29.1 Å². The van der Waals surface area contributed by atoms with E-state index in [0.29, 0.717) is 24.2 Å². The highest BCUT2D eigenvalue weighted by Gasteiger charge is 2.50. The lowest BCUT2D eigenvalue weighted by atomic mass is 9.78. The van der Waals surface area contributed by atoms with Crippen LogP contribution in [0.3, 0.4) is 0 Å². The second kappa shape index (κ2) is 12.0. The number of unbranched alkanes of at least 4 members (excludes halogenated alkanes) is 8. The zero-order chi connectivity index (χ0) is 22.9. The van der Waals surface area contributed by atoms with Gasteiger partial charge >= 0.3 is 0 Å². The number of amides is 3. The fourth-order valence-electron chi connectivity index (χ4n) is 4.92. The van der Waals surface area contributed by atoms with E-state index in [2.05, 4.69) is 12.2 Å². The third-order valence-electron chi connectivity index (χ3n) is 6.79. The summed E-state index contributed by atoms with van der Waals surface area (Å²) in [4.78, 5) is 39.3. The second-order valence-corrected chi connectivity index (χ2v) is 9.34. The molecule has 3 atom stereocenters. The predicted octanol–water partition coefficient (Wildman–Crippen LogP) is 6.25. The number of allylic oxidation sites excluding steroid dienone is 2. The van der Waals surface area contributed by atoms with Gasteiger partial charge in [0.1, 0.15) is 0 Å². The molecule has 0 saturated carbocycles. The minimum absolute atomic E-state index is 0.0138. The van der Waals surface area contributed by atoms with Crippen molar-refractivity contribution in [1.82, 2.24) is 0 Å². The Kier molecular flexibility index (Phi) is 9.07. The van der Waals surface area contributed by atoms with Crippen LogP contribution in [-0.4, -0.2) is 17.7 Å². The fourth-order valence-corrected chi connectivity index (χ4v) is 4.92. The SMILES string of the molecule is CCCCCCCCCCCC(=O)Nc1ccc(N2C(=O)[C@H]3[C@@H](C)C=CC[C@H]3C2=O)cc1. The molecule has 1 fully saturated rings. The van der Waals surface area contributed by atoms with Crippen LogP contribution in [0.4, 0.5) is 11.4 Å². The van der Waals surface area contributed by atoms with Gasteiger partial charge in [-0.3, -0.25) is 19.3 Å². The number of rotatable bonds is 12. The summed E-state index contributed by atoms with van der Waals surface area (Å²) < 4.78 is 0. The molecule has 3 rings (SSSR count). The van der Waals surface area contributed by atoms with Crippen LogP contribution in [-0.2, 0) is 14.4 Å². The van der Waals surface area contributed by atoms with Crippen LogP contribution in [0.25, 0.3) is 0 Å². The maximum absolute atomic E-state index is 12.9. The van der Waals surface area contributed by atoms with Gasteiger partial charge in [-0.25, -0.2) is 0 Å². The average Bonchev–Trinajstić information content (AvgIpc) is 3.04. The lowest BCUT2D eigenvalue weighted by molar-refractivity contribution is -0.122. The van der Waals surface area contributed by atoms with E-state index in [9.17, 15) is 14.4 Å². The van der Waals surface area contributed by atoms with Crippen molar-refractivity contribution in [3.05, 3.63) is 36.4 Å². The van der Waals surface area contributed by atoms with Crippen molar-refractivity contribution < 1.29 is 14.4 Å². The highest BCUT2D eigenvalue weighted by Crippen LogP contribution is 2.40. The number of nitrogens with zero attached hydrogens (tertiary/aromatic N) is 1. The Bertz CT molecular complexity index is 815. The Morgan fingerprint density at radius 3 is 2.19 bits per heavy atom. The molecule has 1 aliphatic heterocycles. The van der Waals surface area contributed by atoms with E-state index in [-0.39, 0.29) is 35.5 Å². The minimum atomic E-state index is -0.261. The second-order valence-electron chi connectivity index (χ2n) is 9.34. The van der Waals surface area contributed by atoms with Crippen LogP contribution in [0.1, 0.15) is 84.5 Å². The first-order valence-electron chi connectivity index (χ1n) is 12.5. The van der Waals surface area contributed by atoms with Crippen molar-refractivity contribution in [2.75, 3.05) is 10.2 Å². The van der Waals surface area contributed by atoms with E-state index < -0.39 is 0 Å². The normalized spacial score (nSPS) is 22.3. The molecule has 1 aliphatic carbocycles. The molecule has 174 valence electrons. The molecule has 1 aromatic carbocycles. The predicted molar refractivity (Wildman–Crippen MR) is 129 cm³/mol. The first kappa shape index (κ1) is 24.2. The summed E-state index contributed by atoms with van der Waals surface area (Å²) in [5, 5.41) is 2.93. The molecule has 5 heteroatoms. The highest BCUT2D eigenvalue weighted by molar-refractivity contribution is 6.22. The average molecular weight is 439 g/mol. The number of hydrogen-bond donors (Lipinski definition) is 1. The Labute approximate surface area is 192 Å². The highest BCUT2D eigenvalue weighted by atomic mass is 16.2. The zero-order valence-corrected chi connectivity index (χ0v) is 19.6. The molecule has 5 nitrogen and oxygen atoms in total. The summed E-state index contributed by atoms with van der Waals surface area (Å²) in [5.41, 5.74) is 1.28. The molecule has 32 heavy (non-hydrogen) atoms. The van der Waals surface area contributed by atoms with E-state index in [1.165, 1.54) is 49.8 Å². The quantitative estimate of drug-likeness (QED) is 0.238. The molecular weight excluding hydrogens is 400 g/mol. The summed E-state index contributed by atoms with van der Waals surface area (Å²) in [6.45, 7) is 4.23. The molecule has 1 saturated heterocycles. The number of carbonyl (C=O) groups excluding carboxylic acids is 3. The zero-order valence-electron chi connectivity index (χ0n) is 19.6. The molecule has 1 heterocycles. The van der Waals surface area contributed by atoms with Crippen LogP contribution < -0.4 is 10.2 Å². The lowest BCUT2D eigenvalue weighted by Gasteiger charge is -2.22. The smallest absolute Gasteiger partial charge is 0.238 e. The first-order valence-corrected chi connectivity index (χ1v) is 12.5. The van der Waals surface area contributed by atoms with Crippen molar-refractivity contribution in [3.63, 3.8) is 0 Å². The summed E-state index contributed by atoms with van der Waals surface area (Å²) in [7, 11) is 0. The first-order chi connectivity index (χ1) is 15.5. The molecule has 0 bridgehead atoms. The molecule has 1 N–H and O–H groups in total. The maximum atomic E-state index is 12.9. The third-order valence-corrected chi connectivity index (χ3v) is 6.79. The van der Waals surface area contributed by atoms with Crippen LogP contribution in [0.15, 0.2) is 36.4 Å². The largest absolute Gasteiger partial charge is 0.326 e. The number of anilines is 2. The Morgan fingerprint density at radius 1 is 0.938 bits per heavy atom.